The third kappa shape index (κ3) is 7.04. The number of thioether (sulfide) groups is 1. The number of anilines is 1. The lowest BCUT2D eigenvalue weighted by Gasteiger charge is -2.07. The van der Waals surface area contributed by atoms with Crippen LogP contribution in [0.1, 0.15) is 44.2 Å². The molecule has 2 N–H and O–H groups in total. The predicted molar refractivity (Wildman–Crippen MR) is 107 cm³/mol. The second-order valence-corrected chi connectivity index (χ2v) is 8.28. The summed E-state index contributed by atoms with van der Waals surface area (Å²) in [7, 11) is 0. The highest BCUT2D eigenvalue weighted by atomic mass is 32.2. The van der Waals surface area contributed by atoms with Gasteiger partial charge in [0.25, 0.3) is 0 Å². The molecule has 25 heavy (non-hydrogen) atoms. The second-order valence-electron chi connectivity index (χ2n) is 6.08. The normalized spacial score (nSPS) is 10.9. The molecular formula is C18H26N4OS2. The first-order valence-electron chi connectivity index (χ1n) is 8.64. The van der Waals surface area contributed by atoms with Crippen molar-refractivity contribution in [1.82, 2.24) is 15.5 Å². The Labute approximate surface area is 158 Å². The highest BCUT2D eigenvalue weighted by Gasteiger charge is 2.08. The molecule has 1 heterocycles. The lowest BCUT2D eigenvalue weighted by atomic mass is 10.0. The van der Waals surface area contributed by atoms with E-state index in [0.29, 0.717) is 18.2 Å². The van der Waals surface area contributed by atoms with E-state index >= 15 is 0 Å². The standard InChI is InChI=1S/C18H26N4OS2/c1-4-10-20-17-21-22-18(25-17)24-12-16(23)19-11-9-14-5-7-15(8-6-14)13(2)3/h5-8,13H,4,9-12H2,1-3H3,(H,19,23)(H,20,21). The average Bonchev–Trinajstić information content (AvgIpc) is 3.06. The fourth-order valence-corrected chi connectivity index (χ4v) is 3.77. The van der Waals surface area contributed by atoms with Crippen molar-refractivity contribution in [3.05, 3.63) is 35.4 Å². The summed E-state index contributed by atoms with van der Waals surface area (Å²) in [6.07, 6.45) is 1.89. The van der Waals surface area contributed by atoms with Gasteiger partial charge in [-0.1, -0.05) is 68.1 Å². The Balaban J connectivity index is 1.66. The molecule has 0 radical (unpaired) electrons. The van der Waals surface area contributed by atoms with Crippen molar-refractivity contribution in [2.45, 2.75) is 43.9 Å². The number of carbonyl (C=O) groups excluding carboxylic acids is 1. The van der Waals surface area contributed by atoms with Gasteiger partial charge >= 0.3 is 0 Å². The van der Waals surface area contributed by atoms with Crippen LogP contribution in [0.2, 0.25) is 0 Å². The van der Waals surface area contributed by atoms with Crippen LogP contribution in [0.25, 0.3) is 0 Å². The van der Waals surface area contributed by atoms with Crippen LogP contribution < -0.4 is 10.6 Å². The Kier molecular flexibility index (Phi) is 8.21. The van der Waals surface area contributed by atoms with Gasteiger partial charge in [-0.2, -0.15) is 0 Å². The summed E-state index contributed by atoms with van der Waals surface area (Å²) >= 11 is 2.92. The lowest BCUT2D eigenvalue weighted by Crippen LogP contribution is -2.27. The molecule has 0 saturated heterocycles. The number of rotatable bonds is 10. The van der Waals surface area contributed by atoms with Gasteiger partial charge in [0.05, 0.1) is 5.75 Å². The molecule has 0 atom stereocenters. The van der Waals surface area contributed by atoms with Gasteiger partial charge in [0, 0.05) is 13.1 Å². The summed E-state index contributed by atoms with van der Waals surface area (Å²) in [5.74, 6) is 0.945. The van der Waals surface area contributed by atoms with Crippen LogP contribution >= 0.6 is 23.1 Å². The molecule has 0 aliphatic rings. The Bertz CT molecular complexity index is 655. The van der Waals surface area contributed by atoms with E-state index in [4.69, 9.17) is 0 Å². The molecular weight excluding hydrogens is 352 g/mol. The topological polar surface area (TPSA) is 66.9 Å². The maximum absolute atomic E-state index is 11.9. The van der Waals surface area contributed by atoms with Gasteiger partial charge in [-0.25, -0.2) is 0 Å². The third-order valence-electron chi connectivity index (χ3n) is 3.64. The van der Waals surface area contributed by atoms with Gasteiger partial charge in [-0.3, -0.25) is 4.79 Å². The third-order valence-corrected chi connectivity index (χ3v) is 5.66. The van der Waals surface area contributed by atoms with E-state index in [1.807, 2.05) is 0 Å². The molecule has 1 aromatic heterocycles. The molecule has 0 bridgehead atoms. The van der Waals surface area contributed by atoms with Crippen molar-refractivity contribution < 1.29 is 4.79 Å². The molecule has 7 heteroatoms. The van der Waals surface area contributed by atoms with Crippen LogP contribution in [0.3, 0.4) is 0 Å². The van der Waals surface area contributed by atoms with Crippen LogP contribution in [0, 0.1) is 0 Å². The number of nitrogens with one attached hydrogen (secondary N) is 2. The minimum Gasteiger partial charge on any atom is -0.360 e. The first-order chi connectivity index (χ1) is 12.1. The predicted octanol–water partition coefficient (Wildman–Crippen LogP) is 3.93. The van der Waals surface area contributed by atoms with Gasteiger partial charge < -0.3 is 10.6 Å². The zero-order valence-corrected chi connectivity index (χ0v) is 16.7. The van der Waals surface area contributed by atoms with Crippen molar-refractivity contribution in [1.29, 1.82) is 0 Å². The van der Waals surface area contributed by atoms with Gasteiger partial charge in [-0.05, 0) is 29.9 Å². The smallest absolute Gasteiger partial charge is 0.230 e. The first-order valence-corrected chi connectivity index (χ1v) is 10.4. The van der Waals surface area contributed by atoms with E-state index in [1.54, 1.807) is 0 Å². The lowest BCUT2D eigenvalue weighted by molar-refractivity contribution is -0.118. The van der Waals surface area contributed by atoms with E-state index in [1.165, 1.54) is 34.2 Å². The maximum Gasteiger partial charge on any atom is 0.230 e. The molecule has 2 aromatic rings. The minimum atomic E-state index is 0.0297. The number of carbonyl (C=O) groups is 1. The molecule has 0 aliphatic carbocycles. The van der Waals surface area contributed by atoms with Gasteiger partial charge in [-0.15, -0.1) is 10.2 Å². The number of benzene rings is 1. The second kappa shape index (κ2) is 10.4. The molecule has 0 unspecified atom stereocenters. The molecule has 1 aromatic carbocycles. The van der Waals surface area contributed by atoms with E-state index < -0.39 is 0 Å². The summed E-state index contributed by atoms with van der Waals surface area (Å²) in [5, 5.41) is 15.1. The summed E-state index contributed by atoms with van der Waals surface area (Å²) in [6, 6.07) is 8.61. The van der Waals surface area contributed by atoms with Crippen LogP contribution in [-0.4, -0.2) is 34.9 Å². The molecule has 0 aliphatic heterocycles. The van der Waals surface area contributed by atoms with Crippen LogP contribution in [0.4, 0.5) is 5.13 Å². The average molecular weight is 379 g/mol. The molecule has 0 fully saturated rings. The zero-order chi connectivity index (χ0) is 18.1. The summed E-state index contributed by atoms with van der Waals surface area (Å²) in [5.41, 5.74) is 2.59. The maximum atomic E-state index is 11.9. The molecule has 1 amide bonds. The number of aromatic nitrogens is 2. The summed E-state index contributed by atoms with van der Waals surface area (Å²) in [4.78, 5) is 11.9. The van der Waals surface area contributed by atoms with E-state index in [-0.39, 0.29) is 5.91 Å². The van der Waals surface area contributed by atoms with Crippen molar-refractivity contribution in [3.8, 4) is 0 Å². The highest BCUT2D eigenvalue weighted by Crippen LogP contribution is 2.25. The molecule has 0 saturated carbocycles. The number of amides is 1. The number of hydrogen-bond donors (Lipinski definition) is 2. The Morgan fingerprint density at radius 2 is 1.96 bits per heavy atom. The molecule has 0 spiro atoms. The summed E-state index contributed by atoms with van der Waals surface area (Å²) in [6.45, 7) is 8.02. The molecule has 136 valence electrons. The summed E-state index contributed by atoms with van der Waals surface area (Å²) < 4.78 is 0.818. The van der Waals surface area contributed by atoms with E-state index in [2.05, 4.69) is 65.9 Å². The first kappa shape index (κ1) is 19.7. The zero-order valence-electron chi connectivity index (χ0n) is 15.0. The van der Waals surface area contributed by atoms with Gasteiger partial charge in [0.1, 0.15) is 0 Å². The van der Waals surface area contributed by atoms with Crippen molar-refractivity contribution in [3.63, 3.8) is 0 Å². The fourth-order valence-electron chi connectivity index (χ4n) is 2.17. The van der Waals surface area contributed by atoms with Gasteiger partial charge in [0.2, 0.25) is 11.0 Å². The van der Waals surface area contributed by atoms with E-state index in [9.17, 15) is 4.79 Å². The van der Waals surface area contributed by atoms with E-state index in [0.717, 1.165) is 28.9 Å². The largest absolute Gasteiger partial charge is 0.360 e. The quantitative estimate of drug-likeness (QED) is 0.613. The van der Waals surface area contributed by atoms with Crippen molar-refractivity contribution in [2.75, 3.05) is 24.2 Å². The Morgan fingerprint density at radius 3 is 2.64 bits per heavy atom. The fraction of sp³-hybridized carbons (Fsp3) is 0.500. The minimum absolute atomic E-state index is 0.0297. The molecule has 2 rings (SSSR count). The highest BCUT2D eigenvalue weighted by molar-refractivity contribution is 8.01. The Hall–Kier alpha value is -1.60. The van der Waals surface area contributed by atoms with Gasteiger partial charge in [0.15, 0.2) is 4.34 Å². The SMILES string of the molecule is CCCNc1nnc(SCC(=O)NCCc2ccc(C(C)C)cc2)s1. The van der Waals surface area contributed by atoms with Crippen molar-refractivity contribution >= 4 is 34.1 Å². The van der Waals surface area contributed by atoms with Crippen LogP contribution in [0.15, 0.2) is 28.6 Å². The number of hydrogen-bond acceptors (Lipinski definition) is 6. The van der Waals surface area contributed by atoms with Crippen molar-refractivity contribution in [2.24, 2.45) is 0 Å². The Morgan fingerprint density at radius 1 is 1.20 bits per heavy atom. The van der Waals surface area contributed by atoms with Crippen LogP contribution in [-0.2, 0) is 11.2 Å². The van der Waals surface area contributed by atoms with Crippen LogP contribution in [0.5, 0.6) is 0 Å². The molecule has 5 nitrogen and oxygen atoms in total. The monoisotopic (exact) mass is 378 g/mol. The number of nitrogens with zero attached hydrogens (tertiary/aromatic N) is 2.